The highest BCUT2D eigenvalue weighted by Crippen LogP contribution is 2.22. The van der Waals surface area contributed by atoms with Crippen molar-refractivity contribution in [3.05, 3.63) is 101 Å². The highest BCUT2D eigenvalue weighted by atomic mass is 16.5. The van der Waals surface area contributed by atoms with E-state index in [9.17, 15) is 9.59 Å². The van der Waals surface area contributed by atoms with Crippen LogP contribution in [0.3, 0.4) is 0 Å². The molecule has 0 aromatic heterocycles. The third kappa shape index (κ3) is 4.91. The van der Waals surface area contributed by atoms with Crippen molar-refractivity contribution >= 4 is 11.8 Å². The second-order valence-electron chi connectivity index (χ2n) is 6.64. The molecule has 3 heteroatoms. The second kappa shape index (κ2) is 8.45. The molecule has 0 N–H and O–H groups in total. The minimum Gasteiger partial charge on any atom is -0.426 e. The Morgan fingerprint density at radius 1 is 0.815 bits per heavy atom. The van der Waals surface area contributed by atoms with Gasteiger partial charge in [-0.05, 0) is 49.6 Å². The van der Waals surface area contributed by atoms with E-state index in [-0.39, 0.29) is 11.8 Å². The summed E-state index contributed by atoms with van der Waals surface area (Å²) < 4.78 is 5.48. The summed E-state index contributed by atoms with van der Waals surface area (Å²) in [6.07, 6.45) is 0.954. The van der Waals surface area contributed by atoms with E-state index in [1.807, 2.05) is 56.3 Å². The second-order valence-corrected chi connectivity index (χ2v) is 6.64. The van der Waals surface area contributed by atoms with Crippen LogP contribution in [0.15, 0.2) is 72.8 Å². The smallest absolute Gasteiger partial charge is 0.311 e. The van der Waals surface area contributed by atoms with Crippen LogP contribution < -0.4 is 4.74 Å². The SMILES string of the molecule is Cc1ccc(CCC(=O)Oc2ccc(C(=O)c3ccccc3)cc2C)cc1. The van der Waals surface area contributed by atoms with Crippen molar-refractivity contribution in [2.24, 2.45) is 0 Å². The number of ketones is 1. The van der Waals surface area contributed by atoms with Crippen molar-refractivity contribution in [2.45, 2.75) is 26.7 Å². The lowest BCUT2D eigenvalue weighted by Crippen LogP contribution is -2.10. The number of hydrogen-bond donors (Lipinski definition) is 0. The van der Waals surface area contributed by atoms with E-state index in [2.05, 4.69) is 0 Å². The molecule has 3 aromatic rings. The Hall–Kier alpha value is -3.20. The molecule has 0 aliphatic heterocycles. The fraction of sp³-hybridized carbons (Fsp3) is 0.167. The zero-order chi connectivity index (χ0) is 19.2. The molecule has 3 nitrogen and oxygen atoms in total. The van der Waals surface area contributed by atoms with Crippen LogP contribution in [0, 0.1) is 13.8 Å². The number of rotatable bonds is 6. The predicted molar refractivity (Wildman–Crippen MR) is 106 cm³/mol. The quantitative estimate of drug-likeness (QED) is 0.351. The third-order valence-corrected chi connectivity index (χ3v) is 4.44. The molecular formula is C24H22O3. The summed E-state index contributed by atoms with van der Waals surface area (Å²) in [7, 11) is 0. The summed E-state index contributed by atoms with van der Waals surface area (Å²) in [6.45, 7) is 3.87. The highest BCUT2D eigenvalue weighted by Gasteiger charge is 2.12. The standard InChI is InChI=1S/C24H22O3/c1-17-8-10-19(11-9-17)12-15-23(25)27-22-14-13-21(16-18(22)2)24(26)20-6-4-3-5-7-20/h3-11,13-14,16H,12,15H2,1-2H3. The molecule has 0 atom stereocenters. The van der Waals surface area contributed by atoms with E-state index in [1.54, 1.807) is 30.3 Å². The Bertz CT molecular complexity index is 941. The van der Waals surface area contributed by atoms with Gasteiger partial charge in [-0.25, -0.2) is 0 Å². The highest BCUT2D eigenvalue weighted by molar-refractivity contribution is 6.09. The maximum absolute atomic E-state index is 12.5. The number of hydrogen-bond acceptors (Lipinski definition) is 3. The Labute approximate surface area is 159 Å². The fourth-order valence-electron chi connectivity index (χ4n) is 2.84. The molecule has 0 spiro atoms. The van der Waals surface area contributed by atoms with Crippen molar-refractivity contribution in [1.29, 1.82) is 0 Å². The van der Waals surface area contributed by atoms with Crippen LogP contribution >= 0.6 is 0 Å². The van der Waals surface area contributed by atoms with Crippen molar-refractivity contribution in [2.75, 3.05) is 0 Å². The van der Waals surface area contributed by atoms with Crippen LogP contribution in [-0.4, -0.2) is 11.8 Å². The van der Waals surface area contributed by atoms with Gasteiger partial charge in [0.15, 0.2) is 5.78 Å². The van der Waals surface area contributed by atoms with Crippen molar-refractivity contribution in [3.8, 4) is 5.75 Å². The maximum Gasteiger partial charge on any atom is 0.311 e. The first kappa shape index (κ1) is 18.6. The Balaban J connectivity index is 1.62. The van der Waals surface area contributed by atoms with Gasteiger partial charge in [-0.3, -0.25) is 9.59 Å². The monoisotopic (exact) mass is 358 g/mol. The molecule has 3 rings (SSSR count). The molecule has 0 radical (unpaired) electrons. The van der Waals surface area contributed by atoms with E-state index in [0.29, 0.717) is 29.7 Å². The van der Waals surface area contributed by atoms with Crippen LogP contribution in [-0.2, 0) is 11.2 Å². The molecule has 0 bridgehead atoms. The minimum atomic E-state index is -0.277. The lowest BCUT2D eigenvalue weighted by atomic mass is 10.0. The van der Waals surface area contributed by atoms with Gasteiger partial charge in [-0.15, -0.1) is 0 Å². The molecule has 0 fully saturated rings. The molecule has 0 amide bonds. The van der Waals surface area contributed by atoms with Crippen LogP contribution in [0.25, 0.3) is 0 Å². The van der Waals surface area contributed by atoms with E-state index < -0.39 is 0 Å². The molecule has 136 valence electrons. The van der Waals surface area contributed by atoms with Crippen LogP contribution in [0.4, 0.5) is 0 Å². The molecular weight excluding hydrogens is 336 g/mol. The molecule has 0 heterocycles. The van der Waals surface area contributed by atoms with E-state index in [0.717, 1.165) is 11.1 Å². The molecule has 0 aliphatic rings. The first-order valence-corrected chi connectivity index (χ1v) is 8.99. The topological polar surface area (TPSA) is 43.4 Å². The van der Waals surface area contributed by atoms with Crippen LogP contribution in [0.1, 0.15) is 39.0 Å². The summed E-state index contributed by atoms with van der Waals surface area (Å²) in [5.41, 5.74) is 4.29. The lowest BCUT2D eigenvalue weighted by molar-refractivity contribution is -0.134. The lowest BCUT2D eigenvalue weighted by Gasteiger charge is -2.09. The number of esters is 1. The van der Waals surface area contributed by atoms with Gasteiger partial charge in [-0.2, -0.15) is 0 Å². The molecule has 0 unspecified atom stereocenters. The molecule has 0 aliphatic carbocycles. The molecule has 0 saturated carbocycles. The van der Waals surface area contributed by atoms with Gasteiger partial charge in [0, 0.05) is 17.5 Å². The fourth-order valence-corrected chi connectivity index (χ4v) is 2.84. The number of carbonyl (C=O) groups is 2. The Kier molecular flexibility index (Phi) is 5.82. The average Bonchev–Trinajstić information content (AvgIpc) is 2.69. The number of aryl methyl sites for hydroxylation is 3. The van der Waals surface area contributed by atoms with E-state index in [1.165, 1.54) is 5.56 Å². The van der Waals surface area contributed by atoms with Crippen molar-refractivity contribution < 1.29 is 14.3 Å². The summed E-state index contributed by atoms with van der Waals surface area (Å²) in [5, 5.41) is 0. The summed E-state index contributed by atoms with van der Waals surface area (Å²) >= 11 is 0. The minimum absolute atomic E-state index is 0.0454. The summed E-state index contributed by atoms with van der Waals surface area (Å²) in [6, 6.07) is 22.4. The van der Waals surface area contributed by atoms with Crippen LogP contribution in [0.5, 0.6) is 5.75 Å². The van der Waals surface area contributed by atoms with Gasteiger partial charge < -0.3 is 4.74 Å². The zero-order valence-electron chi connectivity index (χ0n) is 15.6. The number of carbonyl (C=O) groups excluding carboxylic acids is 2. The number of benzene rings is 3. The van der Waals surface area contributed by atoms with Gasteiger partial charge in [0.05, 0.1) is 0 Å². The molecule has 3 aromatic carbocycles. The van der Waals surface area contributed by atoms with E-state index >= 15 is 0 Å². The third-order valence-electron chi connectivity index (χ3n) is 4.44. The summed E-state index contributed by atoms with van der Waals surface area (Å²) in [4.78, 5) is 24.7. The van der Waals surface area contributed by atoms with E-state index in [4.69, 9.17) is 4.74 Å². The van der Waals surface area contributed by atoms with Gasteiger partial charge in [0.2, 0.25) is 0 Å². The maximum atomic E-state index is 12.5. The van der Waals surface area contributed by atoms with Crippen molar-refractivity contribution in [3.63, 3.8) is 0 Å². The first-order chi connectivity index (χ1) is 13.0. The first-order valence-electron chi connectivity index (χ1n) is 8.99. The van der Waals surface area contributed by atoms with Crippen molar-refractivity contribution in [1.82, 2.24) is 0 Å². The number of ether oxygens (including phenoxy) is 1. The summed E-state index contributed by atoms with van der Waals surface area (Å²) in [5.74, 6) is 0.172. The normalized spacial score (nSPS) is 10.4. The largest absolute Gasteiger partial charge is 0.426 e. The Morgan fingerprint density at radius 2 is 1.52 bits per heavy atom. The van der Waals surface area contributed by atoms with Gasteiger partial charge >= 0.3 is 5.97 Å². The molecule has 0 saturated heterocycles. The predicted octanol–water partition coefficient (Wildman–Crippen LogP) is 5.07. The Morgan fingerprint density at radius 3 is 2.19 bits per heavy atom. The van der Waals surface area contributed by atoms with Crippen LogP contribution in [0.2, 0.25) is 0 Å². The van der Waals surface area contributed by atoms with Gasteiger partial charge in [0.1, 0.15) is 5.75 Å². The van der Waals surface area contributed by atoms with Gasteiger partial charge in [-0.1, -0.05) is 60.2 Å². The average molecular weight is 358 g/mol. The van der Waals surface area contributed by atoms with Gasteiger partial charge in [0.25, 0.3) is 0 Å². The molecule has 27 heavy (non-hydrogen) atoms. The zero-order valence-corrected chi connectivity index (χ0v) is 15.6.